The molecule has 6 nitrogen and oxygen atoms in total. The van der Waals surface area contributed by atoms with Crippen molar-refractivity contribution in [1.29, 1.82) is 0 Å². The quantitative estimate of drug-likeness (QED) is 0.875. The lowest BCUT2D eigenvalue weighted by Gasteiger charge is -2.23. The van der Waals surface area contributed by atoms with E-state index in [4.69, 9.17) is 14.2 Å². The minimum Gasteiger partial charge on any atom is -0.496 e. The van der Waals surface area contributed by atoms with Gasteiger partial charge in [0.15, 0.2) is 11.5 Å². The first kappa shape index (κ1) is 18.4. The van der Waals surface area contributed by atoms with Crippen LogP contribution in [0.5, 0.6) is 17.2 Å². The van der Waals surface area contributed by atoms with Gasteiger partial charge in [0.1, 0.15) is 11.8 Å². The van der Waals surface area contributed by atoms with E-state index >= 15 is 0 Å². The highest BCUT2D eigenvalue weighted by molar-refractivity contribution is 5.51. The van der Waals surface area contributed by atoms with Crippen LogP contribution in [0.1, 0.15) is 28.6 Å². The van der Waals surface area contributed by atoms with Crippen LogP contribution >= 0.6 is 0 Å². The third kappa shape index (κ3) is 3.31. The summed E-state index contributed by atoms with van der Waals surface area (Å²) in [7, 11) is 3.08. The highest BCUT2D eigenvalue weighted by Gasteiger charge is 2.43. The number of nitrogens with one attached hydrogen (secondary N) is 1. The molecule has 1 N–H and O–H groups in total. The lowest BCUT2D eigenvalue weighted by molar-refractivity contribution is -0.158. The van der Waals surface area contributed by atoms with E-state index in [1.165, 1.54) is 11.8 Å². The zero-order valence-electron chi connectivity index (χ0n) is 14.9. The Morgan fingerprint density at radius 2 is 1.92 bits per heavy atom. The number of ether oxygens (including phenoxy) is 3. The Morgan fingerprint density at radius 1 is 1.27 bits per heavy atom. The van der Waals surface area contributed by atoms with Crippen molar-refractivity contribution in [2.24, 2.45) is 7.05 Å². The summed E-state index contributed by atoms with van der Waals surface area (Å²) < 4.78 is 58.4. The highest BCUT2D eigenvalue weighted by atomic mass is 19.4. The van der Waals surface area contributed by atoms with Gasteiger partial charge in [0.2, 0.25) is 6.79 Å². The first-order chi connectivity index (χ1) is 12.2. The second-order valence-electron chi connectivity index (χ2n) is 6.08. The van der Waals surface area contributed by atoms with Crippen molar-refractivity contribution in [2.75, 3.05) is 13.9 Å². The maximum atomic E-state index is 13.7. The summed E-state index contributed by atoms with van der Waals surface area (Å²) >= 11 is 0. The number of hydrogen-bond donors (Lipinski definition) is 1. The molecule has 142 valence electrons. The molecule has 0 saturated carbocycles. The van der Waals surface area contributed by atoms with Gasteiger partial charge in [0.25, 0.3) is 0 Å². The van der Waals surface area contributed by atoms with E-state index in [9.17, 15) is 13.2 Å². The minimum absolute atomic E-state index is 0.0578. The molecule has 0 radical (unpaired) electrons. The van der Waals surface area contributed by atoms with Crippen molar-refractivity contribution in [2.45, 2.75) is 32.6 Å². The van der Waals surface area contributed by atoms with Crippen LogP contribution in [-0.4, -0.2) is 29.9 Å². The fraction of sp³-hybridized carbons (Fsp3) is 0.471. The summed E-state index contributed by atoms with van der Waals surface area (Å²) in [5, 5.41) is 6.69. The van der Waals surface area contributed by atoms with Crippen LogP contribution in [0, 0.1) is 13.8 Å². The Morgan fingerprint density at radius 3 is 2.46 bits per heavy atom. The Balaban J connectivity index is 1.90. The minimum atomic E-state index is -4.47. The maximum Gasteiger partial charge on any atom is 0.408 e. The average Bonchev–Trinajstić information content (AvgIpc) is 3.11. The Kier molecular flexibility index (Phi) is 4.74. The van der Waals surface area contributed by atoms with E-state index in [2.05, 4.69) is 10.4 Å². The van der Waals surface area contributed by atoms with E-state index in [1.807, 2.05) is 0 Å². The van der Waals surface area contributed by atoms with Gasteiger partial charge < -0.3 is 14.2 Å². The van der Waals surface area contributed by atoms with Gasteiger partial charge in [-0.3, -0.25) is 10.00 Å². The number of aromatic nitrogens is 2. The Hall–Kier alpha value is -2.42. The van der Waals surface area contributed by atoms with E-state index < -0.39 is 12.2 Å². The summed E-state index contributed by atoms with van der Waals surface area (Å²) in [4.78, 5) is 0. The summed E-state index contributed by atoms with van der Waals surface area (Å²) in [5.74, 6) is 1.43. The van der Waals surface area contributed by atoms with Gasteiger partial charge in [-0.15, -0.1) is 0 Å². The third-order valence-corrected chi connectivity index (χ3v) is 4.45. The van der Waals surface area contributed by atoms with E-state index in [-0.39, 0.29) is 18.9 Å². The molecule has 0 unspecified atom stereocenters. The van der Waals surface area contributed by atoms with Crippen LogP contribution in [0.4, 0.5) is 13.2 Å². The molecule has 3 rings (SSSR count). The number of hydrogen-bond acceptors (Lipinski definition) is 5. The zero-order chi connectivity index (χ0) is 19.1. The smallest absolute Gasteiger partial charge is 0.408 e. The zero-order valence-corrected chi connectivity index (χ0v) is 14.9. The number of methoxy groups -OCH3 is 1. The summed E-state index contributed by atoms with van der Waals surface area (Å²) in [5.41, 5.74) is 1.50. The molecule has 1 atom stereocenters. The number of benzene rings is 1. The predicted molar refractivity (Wildman–Crippen MR) is 87.4 cm³/mol. The first-order valence-corrected chi connectivity index (χ1v) is 7.99. The van der Waals surface area contributed by atoms with E-state index in [1.54, 1.807) is 33.0 Å². The van der Waals surface area contributed by atoms with Crippen LogP contribution in [-0.2, 0) is 13.6 Å². The molecule has 0 spiro atoms. The van der Waals surface area contributed by atoms with Crippen molar-refractivity contribution >= 4 is 0 Å². The second-order valence-corrected chi connectivity index (χ2v) is 6.08. The molecule has 0 saturated heterocycles. The molecule has 2 heterocycles. The molecule has 0 fully saturated rings. The van der Waals surface area contributed by atoms with Crippen molar-refractivity contribution in [3.05, 3.63) is 34.6 Å². The number of aryl methyl sites for hydroxylation is 2. The predicted octanol–water partition coefficient (Wildman–Crippen LogP) is 3.17. The largest absolute Gasteiger partial charge is 0.496 e. The van der Waals surface area contributed by atoms with Gasteiger partial charge >= 0.3 is 6.18 Å². The fourth-order valence-corrected chi connectivity index (χ4v) is 3.09. The van der Waals surface area contributed by atoms with Gasteiger partial charge in [0.05, 0.1) is 12.8 Å². The molecule has 26 heavy (non-hydrogen) atoms. The van der Waals surface area contributed by atoms with Gasteiger partial charge in [-0.25, -0.2) is 0 Å². The third-order valence-electron chi connectivity index (χ3n) is 4.45. The molecule has 1 aromatic carbocycles. The van der Waals surface area contributed by atoms with Crippen LogP contribution in [0.25, 0.3) is 0 Å². The van der Waals surface area contributed by atoms with E-state index in [0.717, 1.165) is 0 Å². The molecule has 2 aromatic rings. The molecule has 1 aromatic heterocycles. The monoisotopic (exact) mass is 371 g/mol. The van der Waals surface area contributed by atoms with E-state index in [0.29, 0.717) is 34.2 Å². The summed E-state index contributed by atoms with van der Waals surface area (Å²) in [6.45, 7) is 3.22. The van der Waals surface area contributed by atoms with Gasteiger partial charge in [-0.05, 0) is 19.9 Å². The number of rotatable bonds is 5. The molecule has 1 aliphatic heterocycles. The Bertz CT molecular complexity index is 818. The molecule has 0 aliphatic carbocycles. The number of alkyl halides is 3. The van der Waals surface area contributed by atoms with Crippen molar-refractivity contribution in [3.63, 3.8) is 0 Å². The SMILES string of the molecule is COc1cc2c(cc1CN[C@@H](c1c(C)nn(C)c1C)C(F)(F)F)OCO2. The number of halogens is 3. The van der Waals surface area contributed by atoms with Crippen molar-refractivity contribution < 1.29 is 27.4 Å². The molecular formula is C17H20F3N3O3. The standard InChI is InChI=1S/C17H20F3N3O3/c1-9-15(10(2)23(3)22-9)16(17(18,19)20)21-7-11-5-13-14(26-8-25-13)6-12(11)24-4/h5-6,16,21H,7-8H2,1-4H3/t16-/m0/s1. The van der Waals surface area contributed by atoms with Crippen LogP contribution in [0.15, 0.2) is 12.1 Å². The summed E-state index contributed by atoms with van der Waals surface area (Å²) in [6, 6.07) is 1.40. The molecule has 0 amide bonds. The average molecular weight is 371 g/mol. The van der Waals surface area contributed by atoms with Crippen LogP contribution < -0.4 is 19.5 Å². The topological polar surface area (TPSA) is 57.5 Å². The maximum absolute atomic E-state index is 13.7. The Labute approximate surface area is 148 Å². The fourth-order valence-electron chi connectivity index (χ4n) is 3.09. The summed E-state index contributed by atoms with van der Waals surface area (Å²) in [6.07, 6.45) is -4.47. The normalized spacial score (nSPS) is 14.6. The molecule has 0 bridgehead atoms. The van der Waals surface area contributed by atoms with Gasteiger partial charge in [-0.1, -0.05) is 0 Å². The molecular weight excluding hydrogens is 351 g/mol. The van der Waals surface area contributed by atoms with Crippen molar-refractivity contribution in [3.8, 4) is 17.2 Å². The second kappa shape index (κ2) is 6.71. The molecule has 1 aliphatic rings. The van der Waals surface area contributed by atoms with Gasteiger partial charge in [0, 0.05) is 36.5 Å². The van der Waals surface area contributed by atoms with Gasteiger partial charge in [-0.2, -0.15) is 18.3 Å². The number of nitrogens with zero attached hydrogens (tertiary/aromatic N) is 2. The van der Waals surface area contributed by atoms with Crippen LogP contribution in [0.2, 0.25) is 0 Å². The first-order valence-electron chi connectivity index (χ1n) is 7.99. The van der Waals surface area contributed by atoms with Crippen molar-refractivity contribution in [1.82, 2.24) is 15.1 Å². The van der Waals surface area contributed by atoms with Crippen LogP contribution in [0.3, 0.4) is 0 Å². The lowest BCUT2D eigenvalue weighted by Crippen LogP contribution is -2.34. The number of fused-ring (bicyclic) bond motifs is 1. The highest BCUT2D eigenvalue weighted by Crippen LogP contribution is 2.40. The lowest BCUT2D eigenvalue weighted by atomic mass is 10.0. The molecule has 9 heteroatoms.